The van der Waals surface area contributed by atoms with E-state index in [1.807, 2.05) is 0 Å². The van der Waals surface area contributed by atoms with Crippen molar-refractivity contribution in [3.63, 3.8) is 0 Å². The third-order valence-electron chi connectivity index (χ3n) is 1.94. The van der Waals surface area contributed by atoms with E-state index in [-0.39, 0.29) is 11.6 Å². The molecule has 3 N–H and O–H groups in total. The maximum Gasteiger partial charge on any atom is 0.335 e. The molecule has 0 saturated carbocycles. The zero-order valence-corrected chi connectivity index (χ0v) is 7.68. The number of oxazole rings is 1. The van der Waals surface area contributed by atoms with Crippen LogP contribution in [0.5, 0.6) is 0 Å². The van der Waals surface area contributed by atoms with Crippen molar-refractivity contribution in [1.82, 2.24) is 4.98 Å². The first-order valence-electron chi connectivity index (χ1n) is 4.22. The monoisotopic (exact) mass is 204 g/mol. The molecule has 0 aliphatic heterocycles. The van der Waals surface area contributed by atoms with Crippen molar-refractivity contribution in [2.45, 2.75) is 0 Å². The second kappa shape index (κ2) is 3.45. The Morgan fingerprint density at radius 3 is 2.47 bits per heavy atom. The number of anilines is 1. The van der Waals surface area contributed by atoms with Crippen LogP contribution in [-0.4, -0.2) is 16.1 Å². The Bertz CT molecular complexity index is 488. The van der Waals surface area contributed by atoms with Gasteiger partial charge in [0.05, 0.1) is 11.8 Å². The fourth-order valence-electron chi connectivity index (χ4n) is 1.20. The number of nitrogen functional groups attached to an aromatic ring is 1. The lowest BCUT2D eigenvalue weighted by Crippen LogP contribution is -1.94. The summed E-state index contributed by atoms with van der Waals surface area (Å²) in [5.74, 6) is -0.442. The molecule has 0 atom stereocenters. The van der Waals surface area contributed by atoms with Crippen LogP contribution in [0.4, 0.5) is 6.01 Å². The van der Waals surface area contributed by atoms with Crippen molar-refractivity contribution in [2.75, 3.05) is 5.73 Å². The molecule has 0 bridgehead atoms. The first kappa shape index (κ1) is 9.26. The fraction of sp³-hybridized carbons (Fsp3) is 0. The van der Waals surface area contributed by atoms with Crippen LogP contribution < -0.4 is 5.73 Å². The average molecular weight is 204 g/mol. The van der Waals surface area contributed by atoms with Gasteiger partial charge in [-0.05, 0) is 12.1 Å². The molecular formula is C10H8N2O3. The summed E-state index contributed by atoms with van der Waals surface area (Å²) in [5.41, 5.74) is 6.29. The molecule has 0 amide bonds. The predicted octanol–water partition coefficient (Wildman–Crippen LogP) is 1.62. The van der Waals surface area contributed by atoms with Crippen molar-refractivity contribution in [3.8, 4) is 11.3 Å². The zero-order valence-electron chi connectivity index (χ0n) is 7.68. The van der Waals surface area contributed by atoms with Crippen molar-refractivity contribution in [3.05, 3.63) is 36.0 Å². The van der Waals surface area contributed by atoms with E-state index in [1.54, 1.807) is 12.1 Å². The van der Waals surface area contributed by atoms with Gasteiger partial charge in [0.2, 0.25) is 0 Å². The number of aromatic carboxylic acids is 1. The highest BCUT2D eigenvalue weighted by atomic mass is 16.4. The van der Waals surface area contributed by atoms with Gasteiger partial charge < -0.3 is 15.3 Å². The first-order chi connectivity index (χ1) is 7.16. The van der Waals surface area contributed by atoms with E-state index in [9.17, 15) is 4.79 Å². The summed E-state index contributed by atoms with van der Waals surface area (Å²) < 4.78 is 5.09. The minimum Gasteiger partial charge on any atom is -0.478 e. The molecule has 0 radical (unpaired) electrons. The molecule has 0 fully saturated rings. The number of carbonyl (C=O) groups is 1. The summed E-state index contributed by atoms with van der Waals surface area (Å²) in [4.78, 5) is 14.3. The van der Waals surface area contributed by atoms with Gasteiger partial charge in [0.25, 0.3) is 6.01 Å². The molecule has 1 aromatic carbocycles. The SMILES string of the molecule is Nc1ncc(-c2ccc(C(=O)O)cc2)o1. The topological polar surface area (TPSA) is 89.3 Å². The zero-order chi connectivity index (χ0) is 10.8. The number of hydrogen-bond donors (Lipinski definition) is 2. The van der Waals surface area contributed by atoms with Crippen LogP contribution in [0.2, 0.25) is 0 Å². The van der Waals surface area contributed by atoms with E-state index < -0.39 is 5.97 Å². The highest BCUT2D eigenvalue weighted by Crippen LogP contribution is 2.21. The van der Waals surface area contributed by atoms with Gasteiger partial charge in [-0.1, -0.05) is 12.1 Å². The Morgan fingerprint density at radius 2 is 2.00 bits per heavy atom. The highest BCUT2D eigenvalue weighted by Gasteiger charge is 2.06. The number of nitrogens with two attached hydrogens (primary N) is 1. The van der Waals surface area contributed by atoms with Gasteiger partial charge in [0.15, 0.2) is 5.76 Å². The van der Waals surface area contributed by atoms with E-state index in [1.165, 1.54) is 18.3 Å². The number of hydrogen-bond acceptors (Lipinski definition) is 4. The lowest BCUT2D eigenvalue weighted by Gasteiger charge is -1.96. The van der Waals surface area contributed by atoms with Crippen molar-refractivity contribution in [1.29, 1.82) is 0 Å². The van der Waals surface area contributed by atoms with Crippen molar-refractivity contribution >= 4 is 12.0 Å². The van der Waals surface area contributed by atoms with E-state index in [2.05, 4.69) is 4.98 Å². The number of benzene rings is 1. The predicted molar refractivity (Wildman–Crippen MR) is 53.3 cm³/mol. The lowest BCUT2D eigenvalue weighted by atomic mass is 10.1. The molecular weight excluding hydrogens is 196 g/mol. The fourth-order valence-corrected chi connectivity index (χ4v) is 1.20. The van der Waals surface area contributed by atoms with Crippen LogP contribution in [0, 0.1) is 0 Å². The molecule has 76 valence electrons. The maximum atomic E-state index is 10.6. The van der Waals surface area contributed by atoms with Crippen molar-refractivity contribution < 1.29 is 14.3 Å². The molecule has 0 aliphatic rings. The van der Waals surface area contributed by atoms with Gasteiger partial charge in [0, 0.05) is 5.56 Å². The molecule has 0 aliphatic carbocycles. The van der Waals surface area contributed by atoms with Gasteiger partial charge in [-0.25, -0.2) is 9.78 Å². The third-order valence-corrected chi connectivity index (χ3v) is 1.94. The van der Waals surface area contributed by atoms with E-state index in [0.717, 1.165) is 5.56 Å². The molecule has 2 rings (SSSR count). The summed E-state index contributed by atoms with van der Waals surface area (Å²) in [6.45, 7) is 0. The van der Waals surface area contributed by atoms with Crippen molar-refractivity contribution in [2.24, 2.45) is 0 Å². The summed E-state index contributed by atoms with van der Waals surface area (Å²) in [6, 6.07) is 6.37. The Hall–Kier alpha value is -2.30. The number of nitrogens with zero attached hydrogens (tertiary/aromatic N) is 1. The van der Waals surface area contributed by atoms with Gasteiger partial charge >= 0.3 is 5.97 Å². The molecule has 2 aromatic rings. The quantitative estimate of drug-likeness (QED) is 0.775. The number of rotatable bonds is 2. The lowest BCUT2D eigenvalue weighted by molar-refractivity contribution is 0.0697. The van der Waals surface area contributed by atoms with Gasteiger partial charge in [-0.15, -0.1) is 0 Å². The Kier molecular flexibility index (Phi) is 2.13. The molecule has 0 spiro atoms. The van der Waals surface area contributed by atoms with Gasteiger partial charge in [-0.3, -0.25) is 0 Å². The standard InChI is InChI=1S/C10H8N2O3/c11-10-12-5-8(15-10)6-1-3-7(4-2-6)9(13)14/h1-5H,(H2,11,12)(H,13,14). The van der Waals surface area contributed by atoms with E-state index >= 15 is 0 Å². The molecule has 0 saturated heterocycles. The van der Waals surface area contributed by atoms with Crippen LogP contribution in [0.25, 0.3) is 11.3 Å². The normalized spacial score (nSPS) is 10.1. The van der Waals surface area contributed by atoms with Crippen LogP contribution in [0.1, 0.15) is 10.4 Å². The minimum absolute atomic E-state index is 0.0901. The van der Waals surface area contributed by atoms with Crippen LogP contribution in [0.15, 0.2) is 34.9 Å². The maximum absolute atomic E-state index is 10.6. The number of carboxylic acid groups (broad SMARTS) is 1. The summed E-state index contributed by atoms with van der Waals surface area (Å²) >= 11 is 0. The average Bonchev–Trinajstić information content (AvgIpc) is 2.65. The van der Waals surface area contributed by atoms with Crippen LogP contribution >= 0.6 is 0 Å². The van der Waals surface area contributed by atoms with Crippen LogP contribution in [0.3, 0.4) is 0 Å². The molecule has 1 heterocycles. The highest BCUT2D eigenvalue weighted by molar-refractivity contribution is 5.88. The second-order valence-corrected chi connectivity index (χ2v) is 2.95. The second-order valence-electron chi connectivity index (χ2n) is 2.95. The number of aromatic nitrogens is 1. The molecule has 0 unspecified atom stereocenters. The first-order valence-corrected chi connectivity index (χ1v) is 4.22. The van der Waals surface area contributed by atoms with Crippen LogP contribution in [-0.2, 0) is 0 Å². The molecule has 5 nitrogen and oxygen atoms in total. The Balaban J connectivity index is 2.35. The molecule has 5 heteroatoms. The Labute approximate surface area is 85.2 Å². The largest absolute Gasteiger partial charge is 0.478 e. The summed E-state index contributed by atoms with van der Waals surface area (Å²) in [7, 11) is 0. The molecule has 15 heavy (non-hydrogen) atoms. The minimum atomic E-state index is -0.960. The number of carboxylic acids is 1. The smallest absolute Gasteiger partial charge is 0.335 e. The summed E-state index contributed by atoms with van der Waals surface area (Å²) in [5, 5.41) is 8.69. The van der Waals surface area contributed by atoms with Gasteiger partial charge in [0.1, 0.15) is 0 Å². The van der Waals surface area contributed by atoms with Gasteiger partial charge in [-0.2, -0.15) is 0 Å². The molecule has 1 aromatic heterocycles. The van der Waals surface area contributed by atoms with E-state index in [4.69, 9.17) is 15.3 Å². The summed E-state index contributed by atoms with van der Waals surface area (Å²) in [6.07, 6.45) is 1.49. The van der Waals surface area contributed by atoms with E-state index in [0.29, 0.717) is 5.76 Å². The third kappa shape index (κ3) is 1.80. The Morgan fingerprint density at radius 1 is 1.33 bits per heavy atom.